The Morgan fingerprint density at radius 1 is 0.950 bits per heavy atom. The molecule has 0 N–H and O–H groups in total. The smallest absolute Gasteiger partial charge is 0.110 e. The molecule has 2 nitrogen and oxygen atoms in total. The lowest BCUT2D eigenvalue weighted by Crippen LogP contribution is -2.04. The van der Waals surface area contributed by atoms with Crippen LogP contribution in [0, 0.1) is 0 Å². The third-order valence-corrected chi connectivity index (χ3v) is 3.53. The summed E-state index contributed by atoms with van der Waals surface area (Å²) in [5.41, 5.74) is 3.61. The van der Waals surface area contributed by atoms with E-state index in [0.29, 0.717) is 0 Å². The van der Waals surface area contributed by atoms with Crippen molar-refractivity contribution in [3.05, 3.63) is 78.6 Å². The molecule has 0 saturated heterocycles. The van der Waals surface area contributed by atoms with E-state index in [9.17, 15) is 0 Å². The minimum absolute atomic E-state index is 0.810. The van der Waals surface area contributed by atoms with E-state index >= 15 is 0 Å². The number of benzene rings is 2. The first-order valence-corrected chi connectivity index (χ1v) is 6.97. The highest BCUT2D eigenvalue weighted by atomic mass is 15.1. The molecule has 0 aliphatic carbocycles. The number of hydrogen-bond acceptors (Lipinski definition) is 1. The van der Waals surface area contributed by atoms with Gasteiger partial charge in [-0.05, 0) is 24.1 Å². The van der Waals surface area contributed by atoms with Crippen LogP contribution >= 0.6 is 0 Å². The molecule has 0 aliphatic rings. The second-order valence-corrected chi connectivity index (χ2v) is 4.90. The van der Waals surface area contributed by atoms with Crippen LogP contribution in [0.1, 0.15) is 11.4 Å². The van der Waals surface area contributed by atoms with Gasteiger partial charge in [-0.2, -0.15) is 0 Å². The summed E-state index contributed by atoms with van der Waals surface area (Å²) < 4.78 is 2.26. The molecule has 1 heterocycles. The Hall–Kier alpha value is -2.35. The largest absolute Gasteiger partial charge is 0.324 e. The fraction of sp³-hybridized carbons (Fsp3) is 0.167. The molecule has 0 spiro atoms. The van der Waals surface area contributed by atoms with Crippen LogP contribution < -0.4 is 0 Å². The topological polar surface area (TPSA) is 17.8 Å². The number of aryl methyl sites for hydroxylation is 2. The molecular formula is C18H18N2. The monoisotopic (exact) mass is 262 g/mol. The van der Waals surface area contributed by atoms with Crippen molar-refractivity contribution >= 4 is 11.0 Å². The fourth-order valence-electron chi connectivity index (χ4n) is 2.55. The molecule has 0 unspecified atom stereocenters. The lowest BCUT2D eigenvalue weighted by molar-refractivity contribution is 0.743. The normalized spacial score (nSPS) is 10.8. The molecule has 0 radical (unpaired) electrons. The van der Waals surface area contributed by atoms with E-state index in [0.717, 1.165) is 30.7 Å². The van der Waals surface area contributed by atoms with Crippen LogP contribution in [-0.2, 0) is 19.4 Å². The van der Waals surface area contributed by atoms with Crippen molar-refractivity contribution in [2.45, 2.75) is 19.4 Å². The summed E-state index contributed by atoms with van der Waals surface area (Å²) in [4.78, 5) is 4.76. The van der Waals surface area contributed by atoms with Gasteiger partial charge in [-0.3, -0.25) is 0 Å². The average Bonchev–Trinajstić information content (AvgIpc) is 2.85. The van der Waals surface area contributed by atoms with Crippen molar-refractivity contribution in [3.63, 3.8) is 0 Å². The Morgan fingerprint density at radius 2 is 1.70 bits per heavy atom. The fourth-order valence-corrected chi connectivity index (χ4v) is 2.55. The van der Waals surface area contributed by atoms with Gasteiger partial charge < -0.3 is 4.57 Å². The zero-order chi connectivity index (χ0) is 13.8. The molecule has 2 aromatic carbocycles. The van der Waals surface area contributed by atoms with E-state index < -0.39 is 0 Å². The van der Waals surface area contributed by atoms with Gasteiger partial charge in [0.05, 0.1) is 11.0 Å². The SMILES string of the molecule is C=CCn1c(CCc2ccccc2)nc2ccccc21. The van der Waals surface area contributed by atoms with Gasteiger partial charge in [0, 0.05) is 13.0 Å². The molecule has 2 heteroatoms. The Kier molecular flexibility index (Phi) is 3.64. The summed E-state index contributed by atoms with van der Waals surface area (Å²) in [6, 6.07) is 18.8. The minimum atomic E-state index is 0.810. The molecule has 0 aliphatic heterocycles. The van der Waals surface area contributed by atoms with Crippen LogP contribution in [0.2, 0.25) is 0 Å². The lowest BCUT2D eigenvalue weighted by Gasteiger charge is -2.06. The zero-order valence-corrected chi connectivity index (χ0v) is 11.5. The highest BCUT2D eigenvalue weighted by molar-refractivity contribution is 5.75. The molecule has 0 amide bonds. The van der Waals surface area contributed by atoms with E-state index in [-0.39, 0.29) is 0 Å². The van der Waals surface area contributed by atoms with Crippen molar-refractivity contribution < 1.29 is 0 Å². The van der Waals surface area contributed by atoms with Crippen LogP contribution in [0.25, 0.3) is 11.0 Å². The highest BCUT2D eigenvalue weighted by Crippen LogP contribution is 2.17. The van der Waals surface area contributed by atoms with Gasteiger partial charge in [0.25, 0.3) is 0 Å². The first-order valence-electron chi connectivity index (χ1n) is 6.97. The highest BCUT2D eigenvalue weighted by Gasteiger charge is 2.09. The standard InChI is InChI=1S/C18H18N2/c1-2-14-20-17-11-7-6-10-16(17)19-18(20)13-12-15-8-4-3-5-9-15/h2-11H,1,12-14H2. The number of fused-ring (bicyclic) bond motifs is 1. The third kappa shape index (κ3) is 2.50. The number of hydrogen-bond donors (Lipinski definition) is 0. The maximum Gasteiger partial charge on any atom is 0.110 e. The van der Waals surface area contributed by atoms with E-state index in [1.165, 1.54) is 11.1 Å². The Labute approximate surface area is 119 Å². The first-order chi connectivity index (χ1) is 9.88. The van der Waals surface area contributed by atoms with Crippen LogP contribution in [0.15, 0.2) is 67.3 Å². The number of rotatable bonds is 5. The van der Waals surface area contributed by atoms with E-state index in [4.69, 9.17) is 4.98 Å². The van der Waals surface area contributed by atoms with Gasteiger partial charge in [0.1, 0.15) is 5.82 Å². The van der Waals surface area contributed by atoms with Crippen LogP contribution in [0.3, 0.4) is 0 Å². The average molecular weight is 262 g/mol. The first kappa shape index (κ1) is 12.7. The van der Waals surface area contributed by atoms with E-state index in [1.807, 2.05) is 12.1 Å². The Balaban J connectivity index is 1.90. The summed E-state index contributed by atoms with van der Waals surface area (Å²) in [5.74, 6) is 1.13. The molecule has 3 aromatic rings. The van der Waals surface area contributed by atoms with Gasteiger partial charge >= 0.3 is 0 Å². The summed E-state index contributed by atoms with van der Waals surface area (Å²) in [5, 5.41) is 0. The van der Waals surface area contributed by atoms with Crippen LogP contribution in [0.5, 0.6) is 0 Å². The number of imidazole rings is 1. The second-order valence-electron chi connectivity index (χ2n) is 4.90. The molecular weight excluding hydrogens is 244 g/mol. The van der Waals surface area contributed by atoms with Gasteiger partial charge in [-0.25, -0.2) is 4.98 Å². The molecule has 0 fully saturated rings. The quantitative estimate of drug-likeness (QED) is 0.635. The van der Waals surface area contributed by atoms with Crippen molar-refractivity contribution in [1.82, 2.24) is 9.55 Å². The zero-order valence-electron chi connectivity index (χ0n) is 11.5. The summed E-state index contributed by atoms with van der Waals surface area (Å²) in [7, 11) is 0. The number of para-hydroxylation sites is 2. The number of allylic oxidation sites excluding steroid dienone is 1. The Morgan fingerprint density at radius 3 is 2.50 bits per heavy atom. The van der Waals surface area contributed by atoms with Crippen LogP contribution in [-0.4, -0.2) is 9.55 Å². The Bertz CT molecular complexity index is 711. The molecule has 0 bridgehead atoms. The van der Waals surface area contributed by atoms with E-state index in [2.05, 4.69) is 59.7 Å². The van der Waals surface area contributed by atoms with Crippen molar-refractivity contribution in [2.24, 2.45) is 0 Å². The predicted octanol–water partition coefficient (Wildman–Crippen LogP) is 4.01. The summed E-state index contributed by atoms with van der Waals surface area (Å²) >= 11 is 0. The van der Waals surface area contributed by atoms with E-state index in [1.54, 1.807) is 0 Å². The van der Waals surface area contributed by atoms with Crippen molar-refractivity contribution in [1.29, 1.82) is 0 Å². The molecule has 0 saturated carbocycles. The maximum atomic E-state index is 4.76. The predicted molar refractivity (Wildman–Crippen MR) is 83.8 cm³/mol. The number of nitrogens with zero attached hydrogens (tertiary/aromatic N) is 2. The minimum Gasteiger partial charge on any atom is -0.324 e. The lowest BCUT2D eigenvalue weighted by atomic mass is 10.1. The molecule has 1 aromatic heterocycles. The van der Waals surface area contributed by atoms with Gasteiger partial charge in [0.15, 0.2) is 0 Å². The van der Waals surface area contributed by atoms with Gasteiger partial charge in [0.2, 0.25) is 0 Å². The molecule has 3 rings (SSSR count). The van der Waals surface area contributed by atoms with Crippen molar-refractivity contribution in [3.8, 4) is 0 Å². The second kappa shape index (κ2) is 5.74. The summed E-state index contributed by atoms with van der Waals surface area (Å²) in [6.07, 6.45) is 3.90. The van der Waals surface area contributed by atoms with Crippen molar-refractivity contribution in [2.75, 3.05) is 0 Å². The molecule has 20 heavy (non-hydrogen) atoms. The molecule has 100 valence electrons. The van der Waals surface area contributed by atoms with Crippen LogP contribution in [0.4, 0.5) is 0 Å². The molecule has 0 atom stereocenters. The van der Waals surface area contributed by atoms with Gasteiger partial charge in [-0.15, -0.1) is 6.58 Å². The van der Waals surface area contributed by atoms with Gasteiger partial charge in [-0.1, -0.05) is 48.5 Å². The maximum absolute atomic E-state index is 4.76. The summed E-state index contributed by atoms with van der Waals surface area (Å²) in [6.45, 7) is 4.66. The third-order valence-electron chi connectivity index (χ3n) is 3.53. The number of aromatic nitrogens is 2.